The molecule has 4 bridgehead atoms. The number of allylic oxidation sites excluding steroid dienone is 5. The fourth-order valence-corrected chi connectivity index (χ4v) is 2.53. The molecule has 1 aromatic carbocycles. The van der Waals surface area contributed by atoms with E-state index >= 15 is 0 Å². The van der Waals surface area contributed by atoms with Gasteiger partial charge < -0.3 is 14.6 Å². The molecule has 0 amide bonds. The fourth-order valence-electron chi connectivity index (χ4n) is 2.53. The molecule has 0 saturated heterocycles. The van der Waals surface area contributed by atoms with Crippen molar-refractivity contribution >= 4 is 0 Å². The first kappa shape index (κ1) is 14.0. The minimum atomic E-state index is -0.720. The molecule has 0 fully saturated rings. The minimum absolute atomic E-state index is 0.702. The van der Waals surface area contributed by atoms with Gasteiger partial charge >= 0.3 is 0 Å². The van der Waals surface area contributed by atoms with E-state index in [1.54, 1.807) is 6.92 Å². The van der Waals surface area contributed by atoms with Gasteiger partial charge in [0.2, 0.25) is 0 Å². The van der Waals surface area contributed by atoms with Crippen LogP contribution in [0.3, 0.4) is 0 Å². The number of aliphatic hydroxyl groups is 1. The van der Waals surface area contributed by atoms with Crippen molar-refractivity contribution in [1.82, 2.24) is 0 Å². The highest BCUT2D eigenvalue weighted by Gasteiger charge is 2.20. The molecule has 2 unspecified atom stereocenters. The molecule has 1 aliphatic carbocycles. The number of hydrogen-bond acceptors (Lipinski definition) is 3. The van der Waals surface area contributed by atoms with Crippen LogP contribution in [0.25, 0.3) is 0 Å². The lowest BCUT2D eigenvalue weighted by Crippen LogP contribution is -2.32. The van der Waals surface area contributed by atoms with Crippen LogP contribution < -0.4 is 4.74 Å². The van der Waals surface area contributed by atoms with Crippen molar-refractivity contribution in [2.75, 3.05) is 0 Å². The van der Waals surface area contributed by atoms with E-state index in [-0.39, 0.29) is 0 Å². The predicted molar refractivity (Wildman–Crippen MR) is 81.9 cm³/mol. The largest absolute Gasteiger partial charge is 0.452 e. The summed E-state index contributed by atoms with van der Waals surface area (Å²) in [5, 5.41) is 9.85. The van der Waals surface area contributed by atoms with Crippen LogP contribution in [0.15, 0.2) is 59.4 Å². The van der Waals surface area contributed by atoms with Crippen molar-refractivity contribution in [3.8, 4) is 5.75 Å². The summed E-state index contributed by atoms with van der Waals surface area (Å²) in [6.07, 6.45) is 6.42. The summed E-state index contributed by atoms with van der Waals surface area (Å²) in [6, 6.07) is 7.97. The fraction of sp³-hybridized carbons (Fsp3) is 0.333. The first-order chi connectivity index (χ1) is 10.1. The van der Waals surface area contributed by atoms with E-state index in [4.69, 9.17) is 9.47 Å². The third kappa shape index (κ3) is 3.19. The molecular formula is C18H20O3. The van der Waals surface area contributed by atoms with Gasteiger partial charge in [0.25, 0.3) is 6.29 Å². The van der Waals surface area contributed by atoms with Gasteiger partial charge in [-0.1, -0.05) is 23.8 Å². The van der Waals surface area contributed by atoms with Crippen LogP contribution in [-0.2, 0) is 11.2 Å². The molecule has 110 valence electrons. The van der Waals surface area contributed by atoms with Crippen LogP contribution in [0, 0.1) is 0 Å². The molecule has 3 heteroatoms. The Labute approximate surface area is 125 Å². The number of rotatable bonds is 1. The van der Waals surface area contributed by atoms with Crippen molar-refractivity contribution in [2.24, 2.45) is 0 Å². The maximum atomic E-state index is 9.85. The van der Waals surface area contributed by atoms with Crippen LogP contribution in [0.4, 0.5) is 0 Å². The molecule has 0 saturated carbocycles. The van der Waals surface area contributed by atoms with Gasteiger partial charge in [0, 0.05) is 0 Å². The van der Waals surface area contributed by atoms with E-state index in [9.17, 15) is 5.11 Å². The second kappa shape index (κ2) is 5.78. The van der Waals surface area contributed by atoms with Crippen LogP contribution in [0.2, 0.25) is 0 Å². The van der Waals surface area contributed by atoms with Gasteiger partial charge in [-0.2, -0.15) is 0 Å². The Kier molecular flexibility index (Phi) is 3.84. The zero-order valence-electron chi connectivity index (χ0n) is 12.4. The average Bonchev–Trinajstić information content (AvgIpc) is 2.51. The van der Waals surface area contributed by atoms with Crippen molar-refractivity contribution in [3.63, 3.8) is 0 Å². The van der Waals surface area contributed by atoms with Gasteiger partial charge in [-0.3, -0.25) is 0 Å². The van der Waals surface area contributed by atoms with Crippen LogP contribution in [-0.4, -0.2) is 17.5 Å². The van der Waals surface area contributed by atoms with Crippen molar-refractivity contribution in [2.45, 2.75) is 39.1 Å². The van der Waals surface area contributed by atoms with E-state index < -0.39 is 12.4 Å². The number of ether oxygens (including phenoxy) is 2. The van der Waals surface area contributed by atoms with E-state index in [1.807, 2.05) is 24.3 Å². The third-order valence-corrected chi connectivity index (χ3v) is 3.81. The van der Waals surface area contributed by atoms with E-state index in [0.717, 1.165) is 18.6 Å². The summed E-state index contributed by atoms with van der Waals surface area (Å²) in [4.78, 5) is 0. The monoisotopic (exact) mass is 284 g/mol. The van der Waals surface area contributed by atoms with Crippen LogP contribution in [0.5, 0.6) is 5.75 Å². The summed E-state index contributed by atoms with van der Waals surface area (Å²) >= 11 is 0. The summed E-state index contributed by atoms with van der Waals surface area (Å²) in [5.41, 5.74) is 3.94. The molecule has 21 heavy (non-hydrogen) atoms. The SMILES string of the molecule is C/C1=C2\C=CC(=CC2)OC(C(C)O)Oc2ccc(cc2)C1. The highest BCUT2D eigenvalue weighted by Crippen LogP contribution is 2.26. The van der Waals surface area contributed by atoms with E-state index in [1.165, 1.54) is 16.7 Å². The van der Waals surface area contributed by atoms with Crippen LogP contribution in [0.1, 0.15) is 25.8 Å². The normalized spacial score (nSPS) is 26.0. The maximum absolute atomic E-state index is 9.85. The molecule has 2 atom stereocenters. The topological polar surface area (TPSA) is 38.7 Å². The summed E-state index contributed by atoms with van der Waals surface area (Å²) in [5.74, 6) is 1.45. The minimum Gasteiger partial charge on any atom is -0.452 e. The first-order valence-electron chi connectivity index (χ1n) is 7.29. The maximum Gasteiger partial charge on any atom is 0.266 e. The molecule has 1 N–H and O–H groups in total. The quantitative estimate of drug-likeness (QED) is 0.857. The van der Waals surface area contributed by atoms with Crippen LogP contribution >= 0.6 is 0 Å². The molecule has 4 heterocycles. The summed E-state index contributed by atoms with van der Waals surface area (Å²) < 4.78 is 11.5. The summed E-state index contributed by atoms with van der Waals surface area (Å²) in [7, 11) is 0. The summed E-state index contributed by atoms with van der Waals surface area (Å²) in [6.45, 7) is 3.84. The molecular weight excluding hydrogens is 264 g/mol. The molecule has 6 rings (SSSR count). The lowest BCUT2D eigenvalue weighted by Gasteiger charge is -2.24. The van der Waals surface area contributed by atoms with Gasteiger partial charge in [0.05, 0.1) is 0 Å². The molecule has 0 spiro atoms. The second-order valence-electron chi connectivity index (χ2n) is 5.61. The van der Waals surface area contributed by atoms with Crippen molar-refractivity contribution < 1.29 is 14.6 Å². The third-order valence-electron chi connectivity index (χ3n) is 3.81. The zero-order chi connectivity index (χ0) is 14.8. The number of benzene rings is 1. The Morgan fingerprint density at radius 2 is 1.90 bits per heavy atom. The van der Waals surface area contributed by atoms with Gasteiger partial charge in [-0.25, -0.2) is 0 Å². The smallest absolute Gasteiger partial charge is 0.266 e. The lowest BCUT2D eigenvalue weighted by atomic mass is 9.96. The van der Waals surface area contributed by atoms with Gasteiger partial charge in [0.15, 0.2) is 0 Å². The van der Waals surface area contributed by atoms with Gasteiger partial charge in [-0.05, 0) is 62.1 Å². The average molecular weight is 284 g/mol. The van der Waals surface area contributed by atoms with Crippen molar-refractivity contribution in [3.05, 3.63) is 65.0 Å². The highest BCUT2D eigenvalue weighted by atomic mass is 16.7. The Bertz CT molecular complexity index is 606. The van der Waals surface area contributed by atoms with E-state index in [0.29, 0.717) is 5.75 Å². The standard InChI is InChI=1S/C18H20O3/c1-12-11-14-3-7-16(8-4-14)20-18(13(2)19)21-17-9-5-15(12)6-10-17/h3-5,7-10,13,18-19H,6,11H2,1-2H3/b15-12-. The molecule has 0 radical (unpaired) electrons. The Morgan fingerprint density at radius 3 is 2.52 bits per heavy atom. The van der Waals surface area contributed by atoms with Crippen molar-refractivity contribution in [1.29, 1.82) is 0 Å². The molecule has 0 aromatic heterocycles. The Morgan fingerprint density at radius 1 is 1.14 bits per heavy atom. The molecule has 3 nitrogen and oxygen atoms in total. The lowest BCUT2D eigenvalue weighted by molar-refractivity contribution is -0.110. The van der Waals surface area contributed by atoms with Gasteiger partial charge in [0.1, 0.15) is 17.6 Å². The molecule has 1 aromatic rings. The number of aliphatic hydroxyl groups excluding tert-OH is 1. The zero-order valence-corrected chi connectivity index (χ0v) is 12.4. The number of hydrogen-bond donors (Lipinski definition) is 1. The first-order valence-corrected chi connectivity index (χ1v) is 7.29. The Hall–Kier alpha value is -2.00. The predicted octanol–water partition coefficient (Wildman–Crippen LogP) is 3.51. The van der Waals surface area contributed by atoms with E-state index in [2.05, 4.69) is 25.1 Å². The highest BCUT2D eigenvalue weighted by molar-refractivity contribution is 5.39. The molecule has 5 aliphatic rings. The second-order valence-corrected chi connectivity index (χ2v) is 5.61. The molecule has 4 aliphatic heterocycles. The Balaban J connectivity index is 1.99. The van der Waals surface area contributed by atoms with Gasteiger partial charge in [-0.15, -0.1) is 0 Å².